The second-order valence-corrected chi connectivity index (χ2v) is 12.4. The lowest BCUT2D eigenvalue weighted by molar-refractivity contribution is -0.0912. The molecule has 12 heteroatoms. The Morgan fingerprint density at radius 2 is 1.06 bits per heavy atom. The lowest BCUT2D eigenvalue weighted by atomic mass is 10.1. The monoisotopic (exact) mass is 722 g/mol. The molecular formula is C21H24I2O8S2. The highest BCUT2D eigenvalue weighted by atomic mass is 127. The van der Waals surface area contributed by atoms with E-state index in [0.717, 1.165) is 11.1 Å². The molecule has 0 spiro atoms. The Hall–Kier alpha value is -0.360. The fourth-order valence-corrected chi connectivity index (χ4v) is 6.86. The largest absolute Gasteiger partial charge is 0.349 e. The molecule has 1 aliphatic heterocycles. The van der Waals surface area contributed by atoms with Gasteiger partial charge in [0.15, 0.2) is 0 Å². The van der Waals surface area contributed by atoms with Gasteiger partial charge in [-0.25, -0.2) is 0 Å². The van der Waals surface area contributed by atoms with Crippen molar-refractivity contribution in [2.45, 2.75) is 48.1 Å². The molecule has 33 heavy (non-hydrogen) atoms. The van der Waals surface area contributed by atoms with Gasteiger partial charge in [0.05, 0.1) is 22.0 Å². The van der Waals surface area contributed by atoms with Gasteiger partial charge in [-0.3, -0.25) is 8.37 Å². The highest BCUT2D eigenvalue weighted by molar-refractivity contribution is 14.1. The van der Waals surface area contributed by atoms with Crippen LogP contribution in [0.5, 0.6) is 0 Å². The molecule has 1 fully saturated rings. The van der Waals surface area contributed by atoms with E-state index in [4.69, 9.17) is 17.8 Å². The van der Waals surface area contributed by atoms with Gasteiger partial charge in [-0.2, -0.15) is 16.8 Å². The molecule has 0 aliphatic carbocycles. The number of rotatable bonds is 8. The topological polar surface area (TPSA) is 105 Å². The van der Waals surface area contributed by atoms with Crippen molar-refractivity contribution in [2.75, 3.05) is 15.6 Å². The van der Waals surface area contributed by atoms with Crippen LogP contribution in [0.1, 0.15) is 11.1 Å². The van der Waals surface area contributed by atoms with Gasteiger partial charge < -0.3 is 9.47 Å². The molecule has 1 aliphatic rings. The summed E-state index contributed by atoms with van der Waals surface area (Å²) in [6.45, 7) is 3.53. The van der Waals surface area contributed by atoms with E-state index in [1.54, 1.807) is 24.3 Å². The lowest BCUT2D eigenvalue weighted by Crippen LogP contribution is -2.49. The molecule has 3 rings (SSSR count). The maximum absolute atomic E-state index is 13.1. The first-order chi connectivity index (χ1) is 15.6. The SMILES string of the molecule is Cc1ccc(S(=O)(=O)O[C@@H]2[C@@H](OS(=O)(=O)c3ccc(C)cc3)[C@@H](CI)OCO[C@@H]2CI)cc1. The lowest BCUT2D eigenvalue weighted by Gasteiger charge is -2.31. The third-order valence-electron chi connectivity index (χ3n) is 5.02. The van der Waals surface area contributed by atoms with E-state index in [1.807, 2.05) is 59.0 Å². The van der Waals surface area contributed by atoms with Crippen LogP contribution in [0.25, 0.3) is 0 Å². The van der Waals surface area contributed by atoms with Crippen LogP contribution in [0.4, 0.5) is 0 Å². The summed E-state index contributed by atoms with van der Waals surface area (Å²) >= 11 is 4.06. The van der Waals surface area contributed by atoms with Gasteiger partial charge in [0.1, 0.15) is 19.0 Å². The number of alkyl halides is 2. The van der Waals surface area contributed by atoms with Gasteiger partial charge in [-0.15, -0.1) is 0 Å². The third-order valence-corrected chi connectivity index (χ3v) is 9.41. The van der Waals surface area contributed by atoms with Gasteiger partial charge in [-0.05, 0) is 38.1 Å². The van der Waals surface area contributed by atoms with E-state index in [2.05, 4.69) is 0 Å². The Morgan fingerprint density at radius 1 is 0.727 bits per heavy atom. The molecule has 0 unspecified atom stereocenters. The highest BCUT2D eigenvalue weighted by Crippen LogP contribution is 2.30. The average molecular weight is 722 g/mol. The minimum Gasteiger partial charge on any atom is -0.349 e. The molecule has 0 bridgehead atoms. The number of ether oxygens (including phenoxy) is 2. The van der Waals surface area contributed by atoms with E-state index >= 15 is 0 Å². The van der Waals surface area contributed by atoms with E-state index in [1.165, 1.54) is 24.3 Å². The molecule has 2 aromatic rings. The van der Waals surface area contributed by atoms with Crippen LogP contribution in [0.2, 0.25) is 0 Å². The summed E-state index contributed by atoms with van der Waals surface area (Å²) in [5, 5.41) is 0. The van der Waals surface area contributed by atoms with Crippen molar-refractivity contribution in [3.63, 3.8) is 0 Å². The van der Waals surface area contributed by atoms with Gasteiger partial charge >= 0.3 is 0 Å². The third kappa shape index (κ3) is 6.86. The molecule has 8 nitrogen and oxygen atoms in total. The average Bonchev–Trinajstić information content (AvgIpc) is 2.92. The molecule has 0 aromatic heterocycles. The number of hydrogen-bond donors (Lipinski definition) is 0. The van der Waals surface area contributed by atoms with Crippen LogP contribution in [0.15, 0.2) is 58.3 Å². The van der Waals surface area contributed by atoms with E-state index in [0.29, 0.717) is 8.86 Å². The second-order valence-electron chi connectivity index (χ2n) is 7.49. The van der Waals surface area contributed by atoms with Crippen molar-refractivity contribution in [2.24, 2.45) is 0 Å². The Balaban J connectivity index is 1.99. The van der Waals surface area contributed by atoms with Crippen LogP contribution >= 0.6 is 45.2 Å². The smallest absolute Gasteiger partial charge is 0.297 e. The molecule has 0 saturated carbocycles. The van der Waals surface area contributed by atoms with Crippen molar-refractivity contribution in [3.8, 4) is 0 Å². The normalized spacial score (nSPS) is 24.4. The zero-order chi connectivity index (χ0) is 24.2. The van der Waals surface area contributed by atoms with Crippen molar-refractivity contribution < 1.29 is 34.7 Å². The first-order valence-electron chi connectivity index (χ1n) is 9.92. The first-order valence-corrected chi connectivity index (χ1v) is 15.8. The van der Waals surface area contributed by atoms with Crippen molar-refractivity contribution in [1.29, 1.82) is 0 Å². The minimum absolute atomic E-state index is 0.0448. The Morgan fingerprint density at radius 3 is 1.36 bits per heavy atom. The Labute approximate surface area is 221 Å². The molecule has 182 valence electrons. The molecule has 4 atom stereocenters. The predicted molar refractivity (Wildman–Crippen MR) is 139 cm³/mol. The minimum atomic E-state index is -4.24. The summed E-state index contributed by atoms with van der Waals surface area (Å²) in [5.74, 6) is 0. The highest BCUT2D eigenvalue weighted by Gasteiger charge is 2.45. The number of halogens is 2. The van der Waals surface area contributed by atoms with Crippen LogP contribution in [0.3, 0.4) is 0 Å². The zero-order valence-electron chi connectivity index (χ0n) is 17.9. The van der Waals surface area contributed by atoms with Crippen LogP contribution in [0, 0.1) is 13.8 Å². The Bertz CT molecular complexity index is 1040. The number of benzene rings is 2. The van der Waals surface area contributed by atoms with Gasteiger partial charge in [0.2, 0.25) is 0 Å². The molecular weight excluding hydrogens is 698 g/mol. The van der Waals surface area contributed by atoms with Gasteiger partial charge in [0, 0.05) is 8.86 Å². The fraction of sp³-hybridized carbons (Fsp3) is 0.429. The maximum atomic E-state index is 13.1. The van der Waals surface area contributed by atoms with Crippen LogP contribution in [-0.4, -0.2) is 56.9 Å². The van der Waals surface area contributed by atoms with E-state index in [-0.39, 0.29) is 16.6 Å². The number of aryl methyl sites for hydroxylation is 2. The maximum Gasteiger partial charge on any atom is 0.297 e. The summed E-state index contributed by atoms with van der Waals surface area (Å²) in [7, 11) is -8.48. The van der Waals surface area contributed by atoms with E-state index in [9.17, 15) is 16.8 Å². The Kier molecular flexibility index (Phi) is 9.56. The summed E-state index contributed by atoms with van der Waals surface area (Å²) in [5.41, 5.74) is 1.78. The van der Waals surface area contributed by atoms with Crippen LogP contribution < -0.4 is 0 Å². The van der Waals surface area contributed by atoms with Crippen molar-refractivity contribution in [3.05, 3.63) is 59.7 Å². The molecule has 0 amide bonds. The molecule has 0 radical (unpaired) electrons. The summed E-state index contributed by atoms with van der Waals surface area (Å²) < 4.78 is 75.5. The summed E-state index contributed by atoms with van der Waals surface area (Å²) in [4.78, 5) is -0.0896. The molecule has 0 N–H and O–H groups in total. The molecule has 2 aromatic carbocycles. The summed E-state index contributed by atoms with van der Waals surface area (Å²) in [6.07, 6.45) is -4.07. The molecule has 1 saturated heterocycles. The van der Waals surface area contributed by atoms with Gasteiger partial charge in [0.25, 0.3) is 20.2 Å². The number of hydrogen-bond acceptors (Lipinski definition) is 8. The van der Waals surface area contributed by atoms with Crippen molar-refractivity contribution >= 4 is 65.4 Å². The quantitative estimate of drug-likeness (QED) is 0.231. The van der Waals surface area contributed by atoms with Crippen LogP contribution in [-0.2, 0) is 38.1 Å². The standard InChI is InChI=1S/C21H24I2O8S2/c1-14-3-7-16(8-4-14)32(24,25)30-20-18(11-22)28-13-29-19(12-23)21(20)31-33(26,27)17-9-5-15(2)6-10-17/h3-10,18-21H,11-13H2,1-2H3/t18-,19-,20+,21+/m1/s1. The van der Waals surface area contributed by atoms with E-state index < -0.39 is 44.7 Å². The first kappa shape index (κ1) is 27.2. The van der Waals surface area contributed by atoms with Gasteiger partial charge in [-0.1, -0.05) is 80.6 Å². The predicted octanol–water partition coefficient (Wildman–Crippen LogP) is 3.76. The fourth-order valence-electron chi connectivity index (χ4n) is 3.14. The van der Waals surface area contributed by atoms with Crippen molar-refractivity contribution in [1.82, 2.24) is 0 Å². The second kappa shape index (κ2) is 11.6. The molecule has 1 heterocycles. The zero-order valence-corrected chi connectivity index (χ0v) is 23.8. The summed E-state index contributed by atoms with van der Waals surface area (Å²) in [6, 6.07) is 12.4.